The first kappa shape index (κ1) is 14.4. The third-order valence-electron chi connectivity index (χ3n) is 3.15. The van der Waals surface area contributed by atoms with Gasteiger partial charge in [0.15, 0.2) is 5.22 Å². The Kier molecular flexibility index (Phi) is 4.55. The molecule has 0 aromatic carbocycles. The minimum absolute atomic E-state index is 0.254. The number of halogens is 2. The van der Waals surface area contributed by atoms with Crippen molar-refractivity contribution >= 4 is 23.2 Å². The van der Waals surface area contributed by atoms with Crippen molar-refractivity contribution in [1.82, 2.24) is 9.78 Å². The van der Waals surface area contributed by atoms with E-state index in [9.17, 15) is 0 Å². The Morgan fingerprint density at radius 2 is 2.16 bits per heavy atom. The highest BCUT2D eigenvalue weighted by molar-refractivity contribution is 6.32. The predicted molar refractivity (Wildman–Crippen MR) is 76.6 cm³/mol. The van der Waals surface area contributed by atoms with E-state index in [1.165, 1.54) is 6.26 Å². The van der Waals surface area contributed by atoms with Crippen LogP contribution >= 0.6 is 23.2 Å². The Balaban J connectivity index is 2.28. The number of hydrogen-bond donors (Lipinski definition) is 1. The number of furan rings is 1. The van der Waals surface area contributed by atoms with Crippen LogP contribution in [0.25, 0.3) is 0 Å². The first-order valence-electron chi connectivity index (χ1n) is 6.30. The standard InChI is InChI=1S/C13H17Cl2N3O/c1-3-10-12(14)11(18(4-2)17-10)7-9(16)8-5-6-19-13(8)15/h5-6,9H,3-4,7,16H2,1-2H3. The molecule has 6 heteroatoms. The lowest BCUT2D eigenvalue weighted by Crippen LogP contribution is -2.16. The zero-order valence-corrected chi connectivity index (χ0v) is 12.5. The summed E-state index contributed by atoms with van der Waals surface area (Å²) in [6.45, 7) is 4.83. The van der Waals surface area contributed by atoms with E-state index in [2.05, 4.69) is 5.10 Å². The van der Waals surface area contributed by atoms with Gasteiger partial charge in [-0.3, -0.25) is 4.68 Å². The van der Waals surface area contributed by atoms with Gasteiger partial charge in [-0.15, -0.1) is 0 Å². The average molecular weight is 302 g/mol. The molecule has 2 aromatic heterocycles. The van der Waals surface area contributed by atoms with E-state index in [1.807, 2.05) is 18.5 Å². The van der Waals surface area contributed by atoms with Crippen molar-refractivity contribution in [3.8, 4) is 0 Å². The van der Waals surface area contributed by atoms with E-state index >= 15 is 0 Å². The van der Waals surface area contributed by atoms with Gasteiger partial charge in [-0.25, -0.2) is 0 Å². The third kappa shape index (κ3) is 2.81. The fourth-order valence-corrected chi connectivity index (χ4v) is 2.70. The SMILES string of the molecule is CCc1nn(CC)c(CC(N)c2ccoc2Cl)c1Cl. The van der Waals surface area contributed by atoms with Crippen molar-refractivity contribution in [1.29, 1.82) is 0 Å². The third-order valence-corrected chi connectivity index (χ3v) is 3.90. The van der Waals surface area contributed by atoms with Gasteiger partial charge < -0.3 is 10.2 Å². The molecule has 0 fully saturated rings. The average Bonchev–Trinajstić information content (AvgIpc) is 2.95. The summed E-state index contributed by atoms with van der Waals surface area (Å²) in [6.07, 6.45) is 2.92. The molecular weight excluding hydrogens is 285 g/mol. The maximum Gasteiger partial charge on any atom is 0.197 e. The molecule has 2 aromatic rings. The summed E-state index contributed by atoms with van der Waals surface area (Å²) in [5, 5.41) is 5.52. The summed E-state index contributed by atoms with van der Waals surface area (Å²) < 4.78 is 6.96. The van der Waals surface area contributed by atoms with Crippen LogP contribution in [0.1, 0.15) is 36.8 Å². The van der Waals surface area contributed by atoms with Gasteiger partial charge in [0, 0.05) is 24.6 Å². The molecule has 2 N–H and O–H groups in total. The molecular formula is C13H17Cl2N3O. The molecule has 0 bridgehead atoms. The van der Waals surface area contributed by atoms with Crippen molar-refractivity contribution in [2.75, 3.05) is 0 Å². The Labute approximate surface area is 122 Å². The van der Waals surface area contributed by atoms with Crippen molar-refractivity contribution < 1.29 is 4.42 Å². The van der Waals surface area contributed by atoms with Gasteiger partial charge in [0.05, 0.1) is 22.7 Å². The summed E-state index contributed by atoms with van der Waals surface area (Å²) in [5.74, 6) is 0. The second kappa shape index (κ2) is 5.99. The number of aryl methyl sites for hydroxylation is 2. The molecule has 0 radical (unpaired) electrons. The van der Waals surface area contributed by atoms with E-state index in [4.69, 9.17) is 33.4 Å². The lowest BCUT2D eigenvalue weighted by molar-refractivity contribution is 0.554. The Bertz CT molecular complexity index is 562. The molecule has 19 heavy (non-hydrogen) atoms. The predicted octanol–water partition coefficient (Wildman–Crippen LogP) is 3.61. The van der Waals surface area contributed by atoms with Crippen LogP contribution in [0.4, 0.5) is 0 Å². The van der Waals surface area contributed by atoms with Crippen LogP contribution in [0.5, 0.6) is 0 Å². The number of nitrogens with zero attached hydrogens (tertiary/aromatic N) is 2. The molecule has 104 valence electrons. The summed E-state index contributed by atoms with van der Waals surface area (Å²) >= 11 is 12.3. The molecule has 1 unspecified atom stereocenters. The van der Waals surface area contributed by atoms with Crippen LogP contribution in [0, 0.1) is 0 Å². The minimum Gasteiger partial charge on any atom is -0.453 e. The number of nitrogens with two attached hydrogens (primary N) is 1. The van der Waals surface area contributed by atoms with Crippen LogP contribution < -0.4 is 5.73 Å². The van der Waals surface area contributed by atoms with Gasteiger partial charge in [-0.05, 0) is 31.0 Å². The molecule has 2 heterocycles. The van der Waals surface area contributed by atoms with Crippen LogP contribution in [0.15, 0.2) is 16.7 Å². The van der Waals surface area contributed by atoms with E-state index in [1.54, 1.807) is 6.07 Å². The normalized spacial score (nSPS) is 12.9. The van der Waals surface area contributed by atoms with Crippen molar-refractivity contribution in [2.45, 2.75) is 39.3 Å². The van der Waals surface area contributed by atoms with Gasteiger partial charge in [0.2, 0.25) is 0 Å². The van der Waals surface area contributed by atoms with Gasteiger partial charge in [0.1, 0.15) is 0 Å². The number of aromatic nitrogens is 2. The van der Waals surface area contributed by atoms with Gasteiger partial charge in [-0.2, -0.15) is 5.10 Å². The van der Waals surface area contributed by atoms with Gasteiger partial charge >= 0.3 is 0 Å². The van der Waals surface area contributed by atoms with Gasteiger partial charge in [0.25, 0.3) is 0 Å². The summed E-state index contributed by atoms with van der Waals surface area (Å²) in [7, 11) is 0. The summed E-state index contributed by atoms with van der Waals surface area (Å²) in [4.78, 5) is 0. The molecule has 2 rings (SSSR count). The van der Waals surface area contributed by atoms with Crippen LogP contribution in [-0.4, -0.2) is 9.78 Å². The molecule has 0 aliphatic rings. The summed E-state index contributed by atoms with van der Waals surface area (Å²) in [6, 6.07) is 1.53. The highest BCUT2D eigenvalue weighted by Crippen LogP contribution is 2.29. The second-order valence-electron chi connectivity index (χ2n) is 4.34. The van der Waals surface area contributed by atoms with Crippen LogP contribution in [-0.2, 0) is 19.4 Å². The maximum absolute atomic E-state index is 6.36. The molecule has 0 amide bonds. The highest BCUT2D eigenvalue weighted by atomic mass is 35.5. The van der Waals surface area contributed by atoms with E-state index in [0.717, 1.165) is 29.9 Å². The first-order chi connectivity index (χ1) is 9.08. The fraction of sp³-hybridized carbons (Fsp3) is 0.462. The molecule has 0 aliphatic heterocycles. The lowest BCUT2D eigenvalue weighted by Gasteiger charge is -2.11. The van der Waals surface area contributed by atoms with Crippen LogP contribution in [0.2, 0.25) is 10.2 Å². The van der Waals surface area contributed by atoms with Crippen molar-refractivity contribution in [3.05, 3.63) is 39.5 Å². The largest absolute Gasteiger partial charge is 0.453 e. The van der Waals surface area contributed by atoms with E-state index in [0.29, 0.717) is 16.7 Å². The monoisotopic (exact) mass is 301 g/mol. The lowest BCUT2D eigenvalue weighted by atomic mass is 10.1. The number of hydrogen-bond acceptors (Lipinski definition) is 3. The maximum atomic E-state index is 6.36. The number of rotatable bonds is 5. The summed E-state index contributed by atoms with van der Waals surface area (Å²) in [5.41, 5.74) is 8.82. The molecule has 0 aliphatic carbocycles. The fourth-order valence-electron chi connectivity index (χ4n) is 2.10. The van der Waals surface area contributed by atoms with E-state index in [-0.39, 0.29) is 6.04 Å². The molecule has 0 saturated heterocycles. The Morgan fingerprint density at radius 1 is 1.42 bits per heavy atom. The van der Waals surface area contributed by atoms with Crippen LogP contribution in [0.3, 0.4) is 0 Å². The molecule has 4 nitrogen and oxygen atoms in total. The zero-order valence-electron chi connectivity index (χ0n) is 11.0. The van der Waals surface area contributed by atoms with Crippen molar-refractivity contribution in [3.63, 3.8) is 0 Å². The Morgan fingerprint density at radius 3 is 2.68 bits per heavy atom. The topological polar surface area (TPSA) is 57.0 Å². The first-order valence-corrected chi connectivity index (χ1v) is 7.06. The van der Waals surface area contributed by atoms with E-state index < -0.39 is 0 Å². The zero-order chi connectivity index (χ0) is 14.0. The smallest absolute Gasteiger partial charge is 0.197 e. The van der Waals surface area contributed by atoms with Crippen molar-refractivity contribution in [2.24, 2.45) is 5.73 Å². The molecule has 0 saturated carbocycles. The van der Waals surface area contributed by atoms with Gasteiger partial charge in [-0.1, -0.05) is 18.5 Å². The quantitative estimate of drug-likeness (QED) is 0.918. The molecule has 1 atom stereocenters. The minimum atomic E-state index is -0.254. The Hall–Kier alpha value is -0.970. The second-order valence-corrected chi connectivity index (χ2v) is 5.06. The highest BCUT2D eigenvalue weighted by Gasteiger charge is 2.20. The molecule has 0 spiro atoms.